The molecule has 0 spiro atoms. The van der Waals surface area contributed by atoms with Gasteiger partial charge in [-0.25, -0.2) is 4.57 Å². The fraction of sp³-hybridized carbons (Fsp3) is 0.800. The lowest BCUT2D eigenvalue weighted by Crippen LogP contribution is -1.90. The molecule has 0 rings (SSSR count). The highest BCUT2D eigenvalue weighted by molar-refractivity contribution is 8.57. The molecule has 6 heteroatoms. The van der Waals surface area contributed by atoms with Gasteiger partial charge in [-0.05, 0) is 13.8 Å². The van der Waals surface area contributed by atoms with Gasteiger partial charge in [-0.15, -0.1) is 0 Å². The minimum Gasteiger partial charge on any atom is -0.300 e. The van der Waals surface area contributed by atoms with E-state index in [-0.39, 0.29) is 13.2 Å². The molecule has 0 saturated carbocycles. The van der Waals surface area contributed by atoms with E-state index in [1.54, 1.807) is 19.2 Å². The Morgan fingerprint density at radius 3 is 2.18 bits per heavy atom. The van der Waals surface area contributed by atoms with Crippen molar-refractivity contribution in [3.05, 3.63) is 0 Å². The van der Waals surface area contributed by atoms with Crippen LogP contribution in [0.3, 0.4) is 0 Å². The number of hydrogen-bond donors (Lipinski definition) is 0. The minimum absolute atomic E-state index is 0.284. The molecule has 0 saturated heterocycles. The van der Waals surface area contributed by atoms with Crippen molar-refractivity contribution < 1.29 is 13.6 Å². The van der Waals surface area contributed by atoms with Gasteiger partial charge in [0.15, 0.2) is 0 Å². The third-order valence-corrected chi connectivity index (χ3v) is 3.73. The van der Waals surface area contributed by atoms with Crippen LogP contribution in [0, 0.1) is 10.7 Å². The Balaban J connectivity index is 4.04. The number of thiocyanates is 1. The highest BCUT2D eigenvalue weighted by Gasteiger charge is 2.24. The third-order valence-electron chi connectivity index (χ3n) is 0.727. The summed E-state index contributed by atoms with van der Waals surface area (Å²) in [6, 6.07) is 0. The van der Waals surface area contributed by atoms with Crippen molar-refractivity contribution in [1.29, 1.82) is 5.26 Å². The van der Waals surface area contributed by atoms with Crippen molar-refractivity contribution in [2.24, 2.45) is 0 Å². The molecule has 0 N–H and O–H groups in total. The van der Waals surface area contributed by atoms with Crippen molar-refractivity contribution in [3.8, 4) is 5.40 Å². The minimum atomic E-state index is -3.16. The normalized spacial score (nSPS) is 11.0. The van der Waals surface area contributed by atoms with Crippen molar-refractivity contribution in [1.82, 2.24) is 0 Å². The number of nitrogens with zero attached hydrogens (tertiary/aromatic N) is 1. The predicted molar refractivity (Wildman–Crippen MR) is 44.1 cm³/mol. The van der Waals surface area contributed by atoms with Crippen LogP contribution in [0.2, 0.25) is 0 Å². The fourth-order valence-electron chi connectivity index (χ4n) is 0.456. The second-order valence-corrected chi connectivity index (χ2v) is 5.13. The zero-order valence-electron chi connectivity index (χ0n) is 6.44. The van der Waals surface area contributed by atoms with Gasteiger partial charge in [0.05, 0.1) is 24.6 Å². The molecule has 0 aliphatic heterocycles. The first-order chi connectivity index (χ1) is 5.18. The quantitative estimate of drug-likeness (QED) is 0.498. The Labute approximate surface area is 70.2 Å². The molecule has 11 heavy (non-hydrogen) atoms. The first-order valence-electron chi connectivity index (χ1n) is 3.15. The number of nitriles is 1. The standard InChI is InChI=1S/C5H10NO3PS/c1-3-8-10(7,9-4-2)11-5-6/h3-4H2,1-2H3. The van der Waals surface area contributed by atoms with Gasteiger partial charge in [-0.2, -0.15) is 5.26 Å². The Morgan fingerprint density at radius 2 is 1.91 bits per heavy atom. The van der Waals surface area contributed by atoms with Gasteiger partial charge in [0.25, 0.3) is 0 Å². The summed E-state index contributed by atoms with van der Waals surface area (Å²) in [7, 11) is 0. The van der Waals surface area contributed by atoms with Crippen molar-refractivity contribution >= 4 is 18.2 Å². The molecule has 0 bridgehead atoms. The van der Waals surface area contributed by atoms with E-state index in [2.05, 4.69) is 0 Å². The van der Waals surface area contributed by atoms with Gasteiger partial charge in [-0.1, -0.05) is 0 Å². The van der Waals surface area contributed by atoms with E-state index in [0.717, 1.165) is 0 Å². The molecule has 0 aromatic carbocycles. The van der Waals surface area contributed by atoms with Crippen LogP contribution in [0.15, 0.2) is 0 Å². The maximum Gasteiger partial charge on any atom is 0.403 e. The van der Waals surface area contributed by atoms with Crippen LogP contribution < -0.4 is 0 Å². The van der Waals surface area contributed by atoms with Crippen molar-refractivity contribution in [2.45, 2.75) is 13.8 Å². The lowest BCUT2D eigenvalue weighted by atomic mass is 10.9. The Hall–Kier alpha value is -0.01000. The average Bonchev–Trinajstić information content (AvgIpc) is 1.88. The fourth-order valence-corrected chi connectivity index (χ4v) is 2.62. The van der Waals surface area contributed by atoms with Crippen LogP contribution in [0.5, 0.6) is 0 Å². The SMILES string of the molecule is CCOP(=O)(OCC)SC#N. The van der Waals surface area contributed by atoms with Crippen LogP contribution >= 0.6 is 18.2 Å². The zero-order chi connectivity index (χ0) is 8.74. The highest BCUT2D eigenvalue weighted by atomic mass is 32.7. The van der Waals surface area contributed by atoms with Gasteiger partial charge in [0, 0.05) is 0 Å². The molecule has 4 nitrogen and oxygen atoms in total. The molecule has 0 aromatic rings. The summed E-state index contributed by atoms with van der Waals surface area (Å²) >= 11 is 0.545. The van der Waals surface area contributed by atoms with Crippen LogP contribution in [-0.2, 0) is 13.6 Å². The monoisotopic (exact) mass is 195 g/mol. The summed E-state index contributed by atoms with van der Waals surface area (Å²) in [6.45, 7) is 0.800. The molecule has 0 atom stereocenters. The first-order valence-corrected chi connectivity index (χ1v) is 6.11. The number of hydrogen-bond acceptors (Lipinski definition) is 5. The summed E-state index contributed by atoms with van der Waals surface area (Å²) < 4.78 is 20.9. The van der Waals surface area contributed by atoms with E-state index in [1.807, 2.05) is 0 Å². The van der Waals surface area contributed by atoms with Gasteiger partial charge < -0.3 is 9.05 Å². The van der Waals surface area contributed by atoms with Crippen LogP contribution in [0.4, 0.5) is 0 Å². The summed E-state index contributed by atoms with van der Waals surface area (Å²) in [4.78, 5) is 0. The van der Waals surface area contributed by atoms with Crippen LogP contribution in [-0.4, -0.2) is 13.2 Å². The van der Waals surface area contributed by atoms with E-state index < -0.39 is 6.80 Å². The molecule has 64 valence electrons. The summed E-state index contributed by atoms with van der Waals surface area (Å²) in [5.41, 5.74) is 0. The molecule has 0 radical (unpaired) electrons. The summed E-state index contributed by atoms with van der Waals surface area (Å²) in [5.74, 6) is 0. The smallest absolute Gasteiger partial charge is 0.300 e. The van der Waals surface area contributed by atoms with Crippen molar-refractivity contribution in [3.63, 3.8) is 0 Å². The Morgan fingerprint density at radius 1 is 1.45 bits per heavy atom. The second kappa shape index (κ2) is 5.62. The molecule has 0 unspecified atom stereocenters. The van der Waals surface area contributed by atoms with E-state index in [0.29, 0.717) is 11.4 Å². The second-order valence-electron chi connectivity index (χ2n) is 1.47. The lowest BCUT2D eigenvalue weighted by Gasteiger charge is -2.11. The van der Waals surface area contributed by atoms with E-state index in [9.17, 15) is 4.57 Å². The zero-order valence-corrected chi connectivity index (χ0v) is 8.15. The summed E-state index contributed by atoms with van der Waals surface area (Å²) in [6.07, 6.45) is 0. The highest BCUT2D eigenvalue weighted by Crippen LogP contribution is 2.59. The topological polar surface area (TPSA) is 59.3 Å². The number of rotatable bonds is 5. The molecule has 0 amide bonds. The molecular weight excluding hydrogens is 185 g/mol. The molecule has 0 aliphatic carbocycles. The largest absolute Gasteiger partial charge is 0.403 e. The maximum atomic E-state index is 11.3. The Bertz CT molecular complexity index is 181. The van der Waals surface area contributed by atoms with Gasteiger partial charge in [0.2, 0.25) is 0 Å². The molecule has 0 heterocycles. The van der Waals surface area contributed by atoms with Crippen molar-refractivity contribution in [2.75, 3.05) is 13.2 Å². The lowest BCUT2D eigenvalue weighted by molar-refractivity contribution is 0.237. The molecule has 0 fully saturated rings. The molecular formula is C5H10NO3PS. The van der Waals surface area contributed by atoms with Gasteiger partial charge >= 0.3 is 6.80 Å². The van der Waals surface area contributed by atoms with Gasteiger partial charge in [0.1, 0.15) is 5.40 Å². The molecule has 0 aliphatic rings. The van der Waals surface area contributed by atoms with E-state index in [1.165, 1.54) is 0 Å². The van der Waals surface area contributed by atoms with Crippen LogP contribution in [0.1, 0.15) is 13.8 Å². The van der Waals surface area contributed by atoms with E-state index in [4.69, 9.17) is 14.3 Å². The summed E-state index contributed by atoms with van der Waals surface area (Å²) in [5, 5.41) is 9.92. The molecule has 0 aromatic heterocycles. The van der Waals surface area contributed by atoms with Crippen LogP contribution in [0.25, 0.3) is 0 Å². The predicted octanol–water partition coefficient (Wildman–Crippen LogP) is 2.38. The average molecular weight is 195 g/mol. The first kappa shape index (κ1) is 11.0. The van der Waals surface area contributed by atoms with Gasteiger partial charge in [-0.3, -0.25) is 0 Å². The maximum absolute atomic E-state index is 11.3. The Kier molecular flexibility index (Phi) is 5.61. The third kappa shape index (κ3) is 4.44. The van der Waals surface area contributed by atoms with E-state index >= 15 is 0 Å².